The number of phenols is 3. The topological polar surface area (TPSA) is 117 Å². The van der Waals surface area contributed by atoms with Gasteiger partial charge < -0.3 is 24.5 Å². The Morgan fingerprint density at radius 2 is 1.61 bits per heavy atom. The standard InChI is InChI=1S/C21H14O7/c1-27-21(26)11-4-2-10(3-5-11)20-12-6-14(22)16(24)8-18(12)28-19-9-17(25)15(23)7-13(19)20/h2-9,22-24H,1H3. The lowest BCUT2D eigenvalue weighted by Gasteiger charge is -2.16. The van der Waals surface area contributed by atoms with Crippen LogP contribution in [-0.2, 0) is 4.74 Å². The highest BCUT2D eigenvalue weighted by Crippen LogP contribution is 2.43. The maximum atomic E-state index is 11.8. The first kappa shape index (κ1) is 17.4. The van der Waals surface area contributed by atoms with Crippen molar-refractivity contribution in [1.82, 2.24) is 0 Å². The molecule has 0 fully saturated rings. The van der Waals surface area contributed by atoms with Crippen molar-refractivity contribution in [3.8, 4) is 39.7 Å². The maximum Gasteiger partial charge on any atom is 0.337 e. The monoisotopic (exact) mass is 378 g/mol. The van der Waals surface area contributed by atoms with Gasteiger partial charge in [0.05, 0.1) is 12.7 Å². The number of carbonyl (C=O) groups excluding carboxylic acids is 1. The van der Waals surface area contributed by atoms with E-state index in [4.69, 9.17) is 9.15 Å². The van der Waals surface area contributed by atoms with Gasteiger partial charge in [0.25, 0.3) is 0 Å². The molecule has 28 heavy (non-hydrogen) atoms. The average Bonchev–Trinajstić information content (AvgIpc) is 2.68. The number of fused-ring (bicyclic) bond motifs is 2. The van der Waals surface area contributed by atoms with Crippen molar-refractivity contribution in [2.24, 2.45) is 0 Å². The minimum absolute atomic E-state index is 0.201. The fourth-order valence-corrected chi connectivity index (χ4v) is 3.13. The summed E-state index contributed by atoms with van der Waals surface area (Å²) in [5.41, 5.74) is 1.61. The first-order valence-electron chi connectivity index (χ1n) is 8.23. The second kappa shape index (κ2) is 6.31. The molecule has 0 radical (unpaired) electrons. The molecular weight excluding hydrogens is 364 g/mol. The van der Waals surface area contributed by atoms with Crippen molar-refractivity contribution in [1.29, 1.82) is 0 Å². The van der Waals surface area contributed by atoms with Crippen LogP contribution in [0, 0.1) is 0 Å². The second-order valence-corrected chi connectivity index (χ2v) is 6.20. The fraction of sp³-hybridized carbons (Fsp3) is 0.0476. The van der Waals surface area contributed by atoms with Gasteiger partial charge >= 0.3 is 5.97 Å². The van der Waals surface area contributed by atoms with Crippen LogP contribution in [0.3, 0.4) is 0 Å². The van der Waals surface area contributed by atoms with Gasteiger partial charge in [0.2, 0.25) is 5.43 Å². The lowest BCUT2D eigenvalue weighted by molar-refractivity contribution is 0.0600. The molecule has 4 rings (SSSR count). The Morgan fingerprint density at radius 3 is 2.29 bits per heavy atom. The van der Waals surface area contributed by atoms with Gasteiger partial charge in [-0.3, -0.25) is 4.79 Å². The Morgan fingerprint density at radius 1 is 0.929 bits per heavy atom. The summed E-state index contributed by atoms with van der Waals surface area (Å²) < 4.78 is 10.4. The number of hydrogen-bond acceptors (Lipinski definition) is 7. The minimum Gasteiger partial charge on any atom is -0.504 e. The lowest BCUT2D eigenvalue weighted by atomic mass is 9.93. The highest BCUT2D eigenvalue weighted by atomic mass is 16.5. The third-order valence-corrected chi connectivity index (χ3v) is 4.49. The number of esters is 1. The third kappa shape index (κ3) is 2.69. The molecular formula is C21H14O7. The molecule has 0 saturated heterocycles. The molecule has 7 nitrogen and oxygen atoms in total. The molecule has 2 aromatic rings. The van der Waals surface area contributed by atoms with Crippen molar-refractivity contribution in [3.05, 3.63) is 64.3 Å². The number of phenolic OH excluding ortho intramolecular Hbond substituents is 3. The Hall–Kier alpha value is -4.00. The molecule has 1 heterocycles. The molecule has 0 amide bonds. The number of hydrogen-bond donors (Lipinski definition) is 3. The van der Waals surface area contributed by atoms with Crippen molar-refractivity contribution in [2.45, 2.75) is 0 Å². The summed E-state index contributed by atoms with van der Waals surface area (Å²) in [7, 11) is 1.29. The van der Waals surface area contributed by atoms with E-state index in [2.05, 4.69) is 0 Å². The van der Waals surface area contributed by atoms with Crippen LogP contribution >= 0.6 is 0 Å². The van der Waals surface area contributed by atoms with E-state index in [1.165, 1.54) is 25.3 Å². The van der Waals surface area contributed by atoms with Gasteiger partial charge in [-0.25, -0.2) is 4.79 Å². The number of carbonyl (C=O) groups is 1. The normalized spacial score (nSPS) is 11.0. The molecule has 0 atom stereocenters. The van der Waals surface area contributed by atoms with Gasteiger partial charge in [-0.15, -0.1) is 0 Å². The van der Waals surface area contributed by atoms with E-state index in [-0.39, 0.29) is 22.8 Å². The first-order chi connectivity index (χ1) is 13.4. The zero-order valence-corrected chi connectivity index (χ0v) is 14.6. The van der Waals surface area contributed by atoms with Gasteiger partial charge in [-0.05, 0) is 29.8 Å². The molecule has 140 valence electrons. The molecule has 1 aliphatic carbocycles. The minimum atomic E-state index is -0.606. The summed E-state index contributed by atoms with van der Waals surface area (Å²) in [6.45, 7) is 0. The van der Waals surface area contributed by atoms with Crippen LogP contribution in [0.25, 0.3) is 33.4 Å². The largest absolute Gasteiger partial charge is 0.504 e. The molecule has 7 heteroatoms. The summed E-state index contributed by atoms with van der Waals surface area (Å²) >= 11 is 0. The van der Waals surface area contributed by atoms with E-state index in [1.54, 1.807) is 24.3 Å². The van der Waals surface area contributed by atoms with Crippen LogP contribution in [0.5, 0.6) is 17.2 Å². The predicted octanol–water partition coefficient (Wildman–Crippen LogP) is 3.47. The van der Waals surface area contributed by atoms with E-state index < -0.39 is 17.1 Å². The van der Waals surface area contributed by atoms with Crippen LogP contribution in [-0.4, -0.2) is 28.4 Å². The molecule has 2 aromatic carbocycles. The quantitative estimate of drug-likeness (QED) is 0.278. The smallest absolute Gasteiger partial charge is 0.337 e. The number of rotatable bonds is 2. The summed E-state index contributed by atoms with van der Waals surface area (Å²) in [5.74, 6) is -1.45. The van der Waals surface area contributed by atoms with Crippen molar-refractivity contribution in [3.63, 3.8) is 0 Å². The first-order valence-corrected chi connectivity index (χ1v) is 8.23. The van der Waals surface area contributed by atoms with E-state index in [1.807, 2.05) is 0 Å². The number of methoxy groups -OCH3 is 1. The average molecular weight is 378 g/mol. The number of benzene rings is 3. The maximum absolute atomic E-state index is 11.8. The van der Waals surface area contributed by atoms with Gasteiger partial charge in [-0.1, -0.05) is 12.1 Å². The zero-order chi connectivity index (χ0) is 20.0. The SMILES string of the molecule is COC(=O)c1ccc(-c2c3cc(O)c(=O)cc-3oc3cc(O)c(O)cc23)cc1. The van der Waals surface area contributed by atoms with E-state index in [0.29, 0.717) is 27.6 Å². The lowest BCUT2D eigenvalue weighted by Crippen LogP contribution is -2.02. The molecule has 0 unspecified atom stereocenters. The summed E-state index contributed by atoms with van der Waals surface area (Å²) in [4.78, 5) is 23.5. The predicted molar refractivity (Wildman–Crippen MR) is 101 cm³/mol. The molecule has 0 aromatic heterocycles. The molecule has 1 aliphatic heterocycles. The van der Waals surface area contributed by atoms with E-state index in [9.17, 15) is 24.9 Å². The summed E-state index contributed by atoms with van der Waals surface area (Å²) in [6, 6.07) is 11.5. The molecule has 2 aliphatic rings. The van der Waals surface area contributed by atoms with Crippen LogP contribution in [0.15, 0.2) is 57.7 Å². The van der Waals surface area contributed by atoms with Crippen LogP contribution in [0.4, 0.5) is 0 Å². The third-order valence-electron chi connectivity index (χ3n) is 4.49. The van der Waals surface area contributed by atoms with Gasteiger partial charge in [0.1, 0.15) is 11.3 Å². The van der Waals surface area contributed by atoms with Crippen LogP contribution < -0.4 is 5.43 Å². The highest BCUT2D eigenvalue weighted by Gasteiger charge is 2.21. The van der Waals surface area contributed by atoms with Crippen LogP contribution in [0.2, 0.25) is 0 Å². The summed E-state index contributed by atoms with van der Waals surface area (Å²) in [6.07, 6.45) is 0. The van der Waals surface area contributed by atoms with Crippen molar-refractivity contribution < 1.29 is 29.3 Å². The van der Waals surface area contributed by atoms with Gasteiger partial charge in [-0.2, -0.15) is 0 Å². The Bertz CT molecular complexity index is 1250. The highest BCUT2D eigenvalue weighted by molar-refractivity contribution is 6.03. The number of aromatic hydroxyl groups is 3. The molecule has 0 spiro atoms. The summed E-state index contributed by atoms with van der Waals surface area (Å²) in [5, 5.41) is 30.1. The van der Waals surface area contributed by atoms with E-state index >= 15 is 0 Å². The zero-order valence-electron chi connectivity index (χ0n) is 14.6. The van der Waals surface area contributed by atoms with E-state index in [0.717, 1.165) is 6.07 Å². The fourth-order valence-electron chi connectivity index (χ4n) is 3.13. The Balaban J connectivity index is 2.09. The molecule has 0 saturated carbocycles. The van der Waals surface area contributed by atoms with Gasteiger partial charge in [0.15, 0.2) is 17.2 Å². The molecule has 0 bridgehead atoms. The number of ether oxygens (including phenoxy) is 1. The second-order valence-electron chi connectivity index (χ2n) is 6.20. The molecule has 3 N–H and O–H groups in total. The Kier molecular flexibility index (Phi) is 3.93. The van der Waals surface area contributed by atoms with Crippen molar-refractivity contribution >= 4 is 16.9 Å². The van der Waals surface area contributed by atoms with Gasteiger partial charge in [0, 0.05) is 28.6 Å². The van der Waals surface area contributed by atoms with Crippen molar-refractivity contribution in [2.75, 3.05) is 7.11 Å². The Labute approximate surface area is 158 Å². The van der Waals surface area contributed by atoms with Crippen LogP contribution in [0.1, 0.15) is 10.4 Å².